The highest BCUT2D eigenvalue weighted by atomic mass is 16.5. The number of aliphatic imine (C=N–C) groups is 1. The van der Waals surface area contributed by atoms with Gasteiger partial charge in [0.25, 0.3) is 0 Å². The molecule has 20 heavy (non-hydrogen) atoms. The lowest BCUT2D eigenvalue weighted by Crippen LogP contribution is -2.35. The van der Waals surface area contributed by atoms with E-state index < -0.39 is 0 Å². The van der Waals surface area contributed by atoms with Gasteiger partial charge in [-0.2, -0.15) is 0 Å². The van der Waals surface area contributed by atoms with Crippen molar-refractivity contribution in [2.45, 2.75) is 12.1 Å². The van der Waals surface area contributed by atoms with E-state index in [1.807, 2.05) is 25.1 Å². The predicted octanol–water partition coefficient (Wildman–Crippen LogP) is 1.66. The lowest BCUT2D eigenvalue weighted by atomic mass is 9.99. The van der Waals surface area contributed by atoms with E-state index in [0.717, 1.165) is 11.4 Å². The summed E-state index contributed by atoms with van der Waals surface area (Å²) in [7, 11) is 5.55. The van der Waals surface area contributed by atoms with Gasteiger partial charge in [0.05, 0.1) is 12.8 Å². The Balaban J connectivity index is 1.94. The molecule has 0 bridgehead atoms. The molecular formula is C15H17N3O2. The van der Waals surface area contributed by atoms with Crippen LogP contribution in [0.5, 0.6) is 0 Å². The number of hydrogen-bond donors (Lipinski definition) is 1. The first-order valence-electron chi connectivity index (χ1n) is 6.47. The minimum Gasteiger partial charge on any atom is -0.494 e. The molecule has 0 aromatic carbocycles. The maximum absolute atomic E-state index is 7.87. The van der Waals surface area contributed by atoms with Crippen LogP contribution in [0.15, 0.2) is 52.6 Å². The summed E-state index contributed by atoms with van der Waals surface area (Å²) in [5.74, 6) is 1.15. The van der Waals surface area contributed by atoms with Gasteiger partial charge < -0.3 is 14.4 Å². The largest absolute Gasteiger partial charge is 0.494 e. The predicted molar refractivity (Wildman–Crippen MR) is 77.9 cm³/mol. The summed E-state index contributed by atoms with van der Waals surface area (Å²) in [5, 5.41) is 7.87. The summed E-state index contributed by atoms with van der Waals surface area (Å²) in [6.07, 6.45) is 9.46. The van der Waals surface area contributed by atoms with Gasteiger partial charge in [-0.3, -0.25) is 10.4 Å². The number of nitrogens with one attached hydrogen (secondary N) is 1. The standard InChI is InChI=1S/C15H17N3O2/c1-18(2)9-4-5-11-14(6-9)20-15-7-10(16)13(19-3)8-12(15)17-11/h4-8,11,14,16H,1-3H3. The van der Waals surface area contributed by atoms with E-state index in [1.54, 1.807) is 19.3 Å². The molecular weight excluding hydrogens is 254 g/mol. The Morgan fingerprint density at radius 1 is 1.35 bits per heavy atom. The third-order valence-electron chi connectivity index (χ3n) is 3.48. The van der Waals surface area contributed by atoms with E-state index in [0.29, 0.717) is 17.2 Å². The van der Waals surface area contributed by atoms with Crippen LogP contribution < -0.4 is 0 Å². The van der Waals surface area contributed by atoms with Crippen molar-refractivity contribution in [1.29, 1.82) is 5.41 Å². The van der Waals surface area contributed by atoms with Gasteiger partial charge in [-0.05, 0) is 12.2 Å². The third kappa shape index (κ3) is 2.05. The molecule has 0 aromatic rings. The second kappa shape index (κ2) is 4.67. The van der Waals surface area contributed by atoms with Crippen LogP contribution in [-0.2, 0) is 9.47 Å². The van der Waals surface area contributed by atoms with Crippen LogP contribution in [0.2, 0.25) is 0 Å². The average molecular weight is 271 g/mol. The van der Waals surface area contributed by atoms with Crippen LogP contribution in [0.1, 0.15) is 0 Å². The molecule has 1 heterocycles. The minimum atomic E-state index is -0.113. The smallest absolute Gasteiger partial charge is 0.147 e. The van der Waals surface area contributed by atoms with Gasteiger partial charge in [0.15, 0.2) is 0 Å². The molecule has 0 fully saturated rings. The van der Waals surface area contributed by atoms with Crippen molar-refractivity contribution in [3.63, 3.8) is 0 Å². The number of methoxy groups -OCH3 is 1. The summed E-state index contributed by atoms with van der Waals surface area (Å²) < 4.78 is 11.1. The van der Waals surface area contributed by atoms with Gasteiger partial charge in [-0.25, -0.2) is 0 Å². The van der Waals surface area contributed by atoms with Crippen molar-refractivity contribution < 1.29 is 9.47 Å². The quantitative estimate of drug-likeness (QED) is 0.777. The van der Waals surface area contributed by atoms with Crippen molar-refractivity contribution in [2.24, 2.45) is 4.99 Å². The fraction of sp³-hybridized carbons (Fsp3) is 0.333. The molecule has 0 amide bonds. The Labute approximate surface area is 118 Å². The zero-order valence-electron chi connectivity index (χ0n) is 11.8. The molecule has 5 nitrogen and oxygen atoms in total. The fourth-order valence-electron chi connectivity index (χ4n) is 2.37. The minimum absolute atomic E-state index is 0.0208. The second-order valence-electron chi connectivity index (χ2n) is 5.07. The van der Waals surface area contributed by atoms with E-state index in [-0.39, 0.29) is 12.1 Å². The maximum Gasteiger partial charge on any atom is 0.147 e. The number of likely N-dealkylation sites (N-methyl/N-ethyl adjacent to an activating group) is 1. The van der Waals surface area contributed by atoms with Gasteiger partial charge in [-0.1, -0.05) is 6.08 Å². The maximum atomic E-state index is 7.87. The molecule has 3 aliphatic rings. The first-order chi connectivity index (χ1) is 9.58. The highest BCUT2D eigenvalue weighted by Gasteiger charge is 2.31. The van der Waals surface area contributed by atoms with Crippen LogP contribution in [-0.4, -0.2) is 49.7 Å². The van der Waals surface area contributed by atoms with Crippen LogP contribution in [0, 0.1) is 5.41 Å². The van der Waals surface area contributed by atoms with Crippen LogP contribution >= 0.6 is 0 Å². The molecule has 1 aliphatic heterocycles. The Hall–Kier alpha value is -2.30. The molecule has 0 spiro atoms. The lowest BCUT2D eigenvalue weighted by molar-refractivity contribution is 0.146. The Bertz CT molecular complexity index is 609. The van der Waals surface area contributed by atoms with Gasteiger partial charge in [-0.15, -0.1) is 0 Å². The first-order valence-corrected chi connectivity index (χ1v) is 6.47. The van der Waals surface area contributed by atoms with E-state index in [2.05, 4.69) is 17.1 Å². The highest BCUT2D eigenvalue weighted by Crippen LogP contribution is 2.28. The molecule has 2 unspecified atom stereocenters. The van der Waals surface area contributed by atoms with E-state index in [9.17, 15) is 0 Å². The number of allylic oxidation sites excluding steroid dienone is 3. The third-order valence-corrected chi connectivity index (χ3v) is 3.48. The number of hydrogen-bond acceptors (Lipinski definition) is 5. The van der Waals surface area contributed by atoms with Crippen LogP contribution in [0.3, 0.4) is 0 Å². The molecule has 3 rings (SSSR count). The number of rotatable bonds is 2. The highest BCUT2D eigenvalue weighted by molar-refractivity contribution is 6.21. The Morgan fingerprint density at radius 2 is 2.15 bits per heavy atom. The van der Waals surface area contributed by atoms with Crippen molar-refractivity contribution in [3.8, 4) is 0 Å². The zero-order chi connectivity index (χ0) is 14.3. The first kappa shape index (κ1) is 12.7. The van der Waals surface area contributed by atoms with E-state index in [1.165, 1.54) is 0 Å². The molecule has 0 radical (unpaired) electrons. The van der Waals surface area contributed by atoms with E-state index in [4.69, 9.17) is 14.9 Å². The zero-order valence-corrected chi connectivity index (χ0v) is 11.8. The van der Waals surface area contributed by atoms with Crippen molar-refractivity contribution in [2.75, 3.05) is 21.2 Å². The van der Waals surface area contributed by atoms with Crippen molar-refractivity contribution >= 4 is 11.4 Å². The number of fused-ring (bicyclic) bond motifs is 2. The summed E-state index contributed by atoms with van der Waals surface area (Å²) in [4.78, 5) is 6.71. The monoisotopic (exact) mass is 271 g/mol. The van der Waals surface area contributed by atoms with Gasteiger partial charge in [0.2, 0.25) is 0 Å². The molecule has 2 atom stereocenters. The van der Waals surface area contributed by atoms with Gasteiger partial charge in [0.1, 0.15) is 29.4 Å². The Morgan fingerprint density at radius 3 is 2.85 bits per heavy atom. The molecule has 1 N–H and O–H groups in total. The topological polar surface area (TPSA) is 57.9 Å². The van der Waals surface area contributed by atoms with Crippen molar-refractivity contribution in [3.05, 3.63) is 47.6 Å². The SMILES string of the molecule is COC1=CC2=NC3C=CC(N(C)C)=CC3OC2=CC1=N. The second-order valence-corrected chi connectivity index (χ2v) is 5.07. The summed E-state index contributed by atoms with van der Waals surface area (Å²) >= 11 is 0. The lowest BCUT2D eigenvalue weighted by Gasteiger charge is -2.32. The molecule has 0 saturated heterocycles. The normalized spacial score (nSPS) is 27.2. The number of nitrogens with zero attached hydrogens (tertiary/aromatic N) is 2. The molecule has 104 valence electrons. The van der Waals surface area contributed by atoms with Crippen LogP contribution in [0.4, 0.5) is 0 Å². The molecule has 5 heteroatoms. The van der Waals surface area contributed by atoms with Gasteiger partial charge in [0, 0.05) is 31.9 Å². The van der Waals surface area contributed by atoms with Gasteiger partial charge >= 0.3 is 0 Å². The molecule has 0 saturated carbocycles. The van der Waals surface area contributed by atoms with E-state index >= 15 is 0 Å². The fourth-order valence-corrected chi connectivity index (χ4v) is 2.37. The van der Waals surface area contributed by atoms with Crippen LogP contribution in [0.25, 0.3) is 0 Å². The summed E-state index contributed by atoms with van der Waals surface area (Å²) in [6, 6.07) is -0.0208. The number of ether oxygens (including phenoxy) is 2. The van der Waals surface area contributed by atoms with Crippen molar-refractivity contribution in [1.82, 2.24) is 4.90 Å². The summed E-state index contributed by atoms with van der Waals surface area (Å²) in [5.41, 5.74) is 2.15. The molecule has 2 aliphatic carbocycles. The average Bonchev–Trinajstić information content (AvgIpc) is 2.43. The summed E-state index contributed by atoms with van der Waals surface area (Å²) in [6.45, 7) is 0. The Kier molecular flexibility index (Phi) is 2.97. The molecule has 0 aromatic heterocycles.